The first kappa shape index (κ1) is 16.7. The normalized spacial score (nSPS) is 17.5. The summed E-state index contributed by atoms with van der Waals surface area (Å²) < 4.78 is 0.732. The molecule has 1 unspecified atom stereocenters. The lowest BCUT2D eigenvalue weighted by atomic mass is 10.2. The summed E-state index contributed by atoms with van der Waals surface area (Å²) in [7, 11) is 0. The van der Waals surface area contributed by atoms with E-state index in [4.69, 9.17) is 11.6 Å². The second kappa shape index (κ2) is 7.07. The third-order valence-corrected chi connectivity index (χ3v) is 5.74. The Labute approximate surface area is 142 Å². The van der Waals surface area contributed by atoms with Gasteiger partial charge in [-0.3, -0.25) is 4.79 Å². The zero-order chi connectivity index (χ0) is 14.1. The summed E-state index contributed by atoms with van der Waals surface area (Å²) in [6.07, 6.45) is 0.983. The van der Waals surface area contributed by atoms with Crippen molar-refractivity contribution in [1.82, 2.24) is 15.6 Å². The van der Waals surface area contributed by atoms with Crippen molar-refractivity contribution in [2.24, 2.45) is 0 Å². The Bertz CT molecular complexity index is 635. The number of hydrogen-bond donors (Lipinski definition) is 2. The van der Waals surface area contributed by atoms with E-state index in [0.717, 1.165) is 39.4 Å². The molecule has 1 aliphatic heterocycles. The summed E-state index contributed by atoms with van der Waals surface area (Å²) in [5.41, 5.74) is 0.776. The lowest BCUT2D eigenvalue weighted by molar-refractivity contribution is 0.0943. The summed E-state index contributed by atoms with van der Waals surface area (Å²) in [5.74, 6) is -0.0254. The maximum atomic E-state index is 12.3. The van der Waals surface area contributed by atoms with Crippen LogP contribution in [0, 0.1) is 6.92 Å². The highest BCUT2D eigenvalue weighted by atomic mass is 35.5. The first-order chi connectivity index (χ1) is 9.63. The van der Waals surface area contributed by atoms with E-state index in [-0.39, 0.29) is 24.4 Å². The first-order valence-electron chi connectivity index (χ1n) is 6.38. The summed E-state index contributed by atoms with van der Waals surface area (Å²) in [4.78, 5) is 18.5. The lowest BCUT2D eigenvalue weighted by Crippen LogP contribution is -2.36. The summed E-state index contributed by atoms with van der Waals surface area (Å²) >= 11 is 8.85. The number of hydrogen-bond acceptors (Lipinski definition) is 5. The molecule has 0 aromatic carbocycles. The number of aryl methyl sites for hydroxylation is 1. The molecule has 0 radical (unpaired) electrons. The molecule has 3 rings (SSSR count). The van der Waals surface area contributed by atoms with E-state index < -0.39 is 0 Å². The number of aromatic nitrogens is 1. The molecule has 21 heavy (non-hydrogen) atoms. The van der Waals surface area contributed by atoms with Gasteiger partial charge in [-0.05, 0) is 32.0 Å². The van der Waals surface area contributed by atoms with Gasteiger partial charge in [0.25, 0.3) is 5.91 Å². The molecule has 1 amide bonds. The molecule has 1 fully saturated rings. The SMILES string of the molecule is Cc1nc(-c2ccc(Cl)s2)sc1C(=O)NC1CCNC1.Cl. The maximum absolute atomic E-state index is 12.3. The smallest absolute Gasteiger partial charge is 0.263 e. The number of thiazole rings is 1. The van der Waals surface area contributed by atoms with E-state index in [0.29, 0.717) is 4.88 Å². The van der Waals surface area contributed by atoms with Crippen molar-refractivity contribution in [1.29, 1.82) is 0 Å². The van der Waals surface area contributed by atoms with E-state index in [1.807, 2.05) is 19.1 Å². The third-order valence-electron chi connectivity index (χ3n) is 3.18. The van der Waals surface area contributed by atoms with Crippen molar-refractivity contribution < 1.29 is 4.79 Å². The van der Waals surface area contributed by atoms with E-state index in [1.54, 1.807) is 0 Å². The molecular weight excluding hydrogens is 349 g/mol. The third kappa shape index (κ3) is 3.76. The minimum atomic E-state index is -0.0254. The number of nitrogens with one attached hydrogen (secondary N) is 2. The van der Waals surface area contributed by atoms with Gasteiger partial charge in [0, 0.05) is 12.6 Å². The topological polar surface area (TPSA) is 54.0 Å². The van der Waals surface area contributed by atoms with Crippen LogP contribution in [0.25, 0.3) is 9.88 Å². The van der Waals surface area contributed by atoms with Gasteiger partial charge >= 0.3 is 0 Å². The summed E-state index contributed by atoms with van der Waals surface area (Å²) in [5, 5.41) is 7.15. The molecule has 1 atom stereocenters. The molecule has 4 nitrogen and oxygen atoms in total. The number of thiophene rings is 1. The molecule has 0 saturated carbocycles. The van der Waals surface area contributed by atoms with E-state index in [1.165, 1.54) is 22.7 Å². The van der Waals surface area contributed by atoms with Crippen LogP contribution in [0.15, 0.2) is 12.1 Å². The van der Waals surface area contributed by atoms with Crippen LogP contribution in [0.2, 0.25) is 4.34 Å². The van der Waals surface area contributed by atoms with Crippen LogP contribution in [0.3, 0.4) is 0 Å². The van der Waals surface area contributed by atoms with Crippen molar-refractivity contribution in [3.8, 4) is 9.88 Å². The minimum absolute atomic E-state index is 0. The second-order valence-corrected chi connectivity index (χ2v) is 7.41. The fourth-order valence-electron chi connectivity index (χ4n) is 2.17. The first-order valence-corrected chi connectivity index (χ1v) is 8.39. The van der Waals surface area contributed by atoms with Gasteiger partial charge in [-0.1, -0.05) is 11.6 Å². The Morgan fingerprint density at radius 3 is 2.90 bits per heavy atom. The van der Waals surface area contributed by atoms with Crippen LogP contribution in [-0.4, -0.2) is 30.0 Å². The van der Waals surface area contributed by atoms with Gasteiger partial charge in [0.05, 0.1) is 14.9 Å². The van der Waals surface area contributed by atoms with E-state index >= 15 is 0 Å². The predicted molar refractivity (Wildman–Crippen MR) is 91.2 cm³/mol. The van der Waals surface area contributed by atoms with Crippen LogP contribution < -0.4 is 10.6 Å². The van der Waals surface area contributed by atoms with Gasteiger partial charge in [0.1, 0.15) is 9.88 Å². The fourth-order valence-corrected chi connectivity index (χ4v) is 4.24. The minimum Gasteiger partial charge on any atom is -0.347 e. The van der Waals surface area contributed by atoms with Crippen molar-refractivity contribution >= 4 is 52.6 Å². The average Bonchev–Trinajstić information content (AvgIpc) is 3.10. The van der Waals surface area contributed by atoms with Gasteiger partial charge in [0.2, 0.25) is 0 Å². The van der Waals surface area contributed by atoms with Crippen LogP contribution >= 0.6 is 46.7 Å². The number of carbonyl (C=O) groups excluding carboxylic acids is 1. The van der Waals surface area contributed by atoms with Gasteiger partial charge in [-0.2, -0.15) is 0 Å². The Hall–Kier alpha value is -0.660. The molecule has 0 aliphatic carbocycles. The van der Waals surface area contributed by atoms with Crippen LogP contribution in [-0.2, 0) is 0 Å². The van der Waals surface area contributed by atoms with Gasteiger partial charge < -0.3 is 10.6 Å². The molecule has 1 aliphatic rings. The highest BCUT2D eigenvalue weighted by Crippen LogP contribution is 2.34. The van der Waals surface area contributed by atoms with Crippen LogP contribution in [0.4, 0.5) is 0 Å². The molecule has 3 heterocycles. The molecule has 2 N–H and O–H groups in total. The maximum Gasteiger partial charge on any atom is 0.263 e. The zero-order valence-electron chi connectivity index (χ0n) is 11.3. The van der Waals surface area contributed by atoms with Crippen molar-refractivity contribution in [2.75, 3.05) is 13.1 Å². The van der Waals surface area contributed by atoms with E-state index in [9.17, 15) is 4.79 Å². The molecule has 1 saturated heterocycles. The van der Waals surface area contributed by atoms with E-state index in [2.05, 4.69) is 15.6 Å². The molecule has 2 aromatic rings. The van der Waals surface area contributed by atoms with Crippen LogP contribution in [0.5, 0.6) is 0 Å². The molecule has 0 bridgehead atoms. The summed E-state index contributed by atoms with van der Waals surface area (Å²) in [6.45, 7) is 3.68. The highest BCUT2D eigenvalue weighted by Gasteiger charge is 2.21. The van der Waals surface area contributed by atoms with Crippen molar-refractivity contribution in [2.45, 2.75) is 19.4 Å². The quantitative estimate of drug-likeness (QED) is 0.878. The highest BCUT2D eigenvalue weighted by molar-refractivity contribution is 7.24. The van der Waals surface area contributed by atoms with Gasteiger partial charge in [0.15, 0.2) is 0 Å². The lowest BCUT2D eigenvalue weighted by Gasteiger charge is -2.09. The molecular formula is C13H15Cl2N3OS2. The average molecular weight is 364 g/mol. The van der Waals surface area contributed by atoms with Gasteiger partial charge in [-0.15, -0.1) is 35.1 Å². The Kier molecular flexibility index (Phi) is 5.62. The number of rotatable bonds is 3. The van der Waals surface area contributed by atoms with Crippen molar-refractivity contribution in [3.63, 3.8) is 0 Å². The molecule has 8 heteroatoms. The Balaban J connectivity index is 0.00000161. The van der Waals surface area contributed by atoms with Crippen LogP contribution in [0.1, 0.15) is 21.8 Å². The number of amides is 1. The zero-order valence-corrected chi connectivity index (χ0v) is 14.5. The Morgan fingerprint density at radius 1 is 1.48 bits per heavy atom. The largest absolute Gasteiger partial charge is 0.347 e. The number of nitrogens with zero attached hydrogens (tertiary/aromatic N) is 1. The fraction of sp³-hybridized carbons (Fsp3) is 0.385. The number of halogens is 2. The molecule has 0 spiro atoms. The monoisotopic (exact) mass is 363 g/mol. The molecule has 2 aromatic heterocycles. The number of carbonyl (C=O) groups is 1. The Morgan fingerprint density at radius 2 is 2.29 bits per heavy atom. The van der Waals surface area contributed by atoms with Gasteiger partial charge in [-0.25, -0.2) is 4.98 Å². The predicted octanol–water partition coefficient (Wildman–Crippen LogP) is 3.35. The van der Waals surface area contributed by atoms with Crippen molar-refractivity contribution in [3.05, 3.63) is 27.0 Å². The summed E-state index contributed by atoms with van der Waals surface area (Å²) in [6, 6.07) is 4.01. The second-order valence-electron chi connectivity index (χ2n) is 4.70. The standard InChI is InChI=1S/C13H14ClN3OS2.ClH/c1-7-11(12(18)17-8-4-5-15-6-8)20-13(16-7)9-2-3-10(14)19-9;/h2-3,8,15H,4-6H2,1H3,(H,17,18);1H. The molecule has 114 valence electrons.